The molecule has 0 spiro atoms. The molecule has 0 amide bonds. The van der Waals surface area contributed by atoms with Gasteiger partial charge in [0.1, 0.15) is 12.4 Å². The molecule has 0 saturated carbocycles. The zero-order chi connectivity index (χ0) is 13.9. The maximum Gasteiger partial charge on any atom is 0.123 e. The molecule has 0 heterocycles. The standard InChI is InChI=1S/C15H26N2O2/c1-4-17(9-11-18-3)10-12-19-15-8-6-5-7-14(15)13-16-2/h5-8,16H,4,9-13H2,1-3H3. The fourth-order valence-electron chi connectivity index (χ4n) is 1.91. The number of hydrogen-bond acceptors (Lipinski definition) is 4. The van der Waals surface area contributed by atoms with Crippen molar-refractivity contribution in [1.29, 1.82) is 0 Å². The van der Waals surface area contributed by atoms with Crippen LogP contribution in [0.4, 0.5) is 0 Å². The van der Waals surface area contributed by atoms with Crippen molar-refractivity contribution in [2.24, 2.45) is 0 Å². The zero-order valence-corrected chi connectivity index (χ0v) is 12.3. The van der Waals surface area contributed by atoms with E-state index in [0.29, 0.717) is 6.61 Å². The van der Waals surface area contributed by atoms with Crippen LogP contribution in [0, 0.1) is 0 Å². The molecule has 0 aliphatic heterocycles. The fraction of sp³-hybridized carbons (Fsp3) is 0.600. The molecular formula is C15H26N2O2. The molecule has 4 heteroatoms. The number of nitrogens with one attached hydrogen (secondary N) is 1. The van der Waals surface area contributed by atoms with Crippen molar-refractivity contribution in [2.75, 3.05) is 47.0 Å². The van der Waals surface area contributed by atoms with Gasteiger partial charge in [-0.05, 0) is 19.7 Å². The maximum atomic E-state index is 5.88. The summed E-state index contributed by atoms with van der Waals surface area (Å²) in [4.78, 5) is 2.32. The average molecular weight is 266 g/mol. The highest BCUT2D eigenvalue weighted by Gasteiger charge is 2.04. The van der Waals surface area contributed by atoms with E-state index in [-0.39, 0.29) is 0 Å². The Hall–Kier alpha value is -1.10. The van der Waals surface area contributed by atoms with E-state index in [9.17, 15) is 0 Å². The van der Waals surface area contributed by atoms with Gasteiger partial charge in [-0.2, -0.15) is 0 Å². The van der Waals surface area contributed by atoms with Crippen LogP contribution in [-0.2, 0) is 11.3 Å². The first-order valence-electron chi connectivity index (χ1n) is 6.88. The largest absolute Gasteiger partial charge is 0.492 e. The van der Waals surface area contributed by atoms with Crippen LogP contribution in [0.1, 0.15) is 12.5 Å². The third kappa shape index (κ3) is 6.05. The first kappa shape index (κ1) is 16.0. The van der Waals surface area contributed by atoms with Gasteiger partial charge >= 0.3 is 0 Å². The van der Waals surface area contributed by atoms with Crippen LogP contribution in [0.25, 0.3) is 0 Å². The molecule has 4 nitrogen and oxygen atoms in total. The number of ether oxygens (including phenoxy) is 2. The minimum absolute atomic E-state index is 0.707. The number of likely N-dealkylation sites (N-methyl/N-ethyl adjacent to an activating group) is 1. The summed E-state index contributed by atoms with van der Waals surface area (Å²) in [5.74, 6) is 0.972. The van der Waals surface area contributed by atoms with E-state index in [1.807, 2.05) is 25.2 Å². The number of methoxy groups -OCH3 is 1. The van der Waals surface area contributed by atoms with E-state index < -0.39 is 0 Å². The maximum absolute atomic E-state index is 5.88. The number of rotatable bonds is 10. The van der Waals surface area contributed by atoms with Gasteiger partial charge < -0.3 is 14.8 Å². The van der Waals surface area contributed by atoms with Crippen LogP contribution in [-0.4, -0.2) is 51.9 Å². The van der Waals surface area contributed by atoms with Gasteiger partial charge in [0.05, 0.1) is 6.61 Å². The van der Waals surface area contributed by atoms with Crippen LogP contribution in [0.5, 0.6) is 5.75 Å². The van der Waals surface area contributed by atoms with Crippen molar-refractivity contribution in [3.8, 4) is 5.75 Å². The summed E-state index contributed by atoms with van der Waals surface area (Å²) < 4.78 is 11.0. The highest BCUT2D eigenvalue weighted by Crippen LogP contribution is 2.17. The molecule has 1 N–H and O–H groups in total. The van der Waals surface area contributed by atoms with Crippen LogP contribution in [0.2, 0.25) is 0 Å². The molecule has 0 unspecified atom stereocenters. The quantitative estimate of drug-likeness (QED) is 0.699. The summed E-state index contributed by atoms with van der Waals surface area (Å²) in [7, 11) is 3.68. The second-order valence-corrected chi connectivity index (χ2v) is 4.41. The minimum Gasteiger partial charge on any atom is -0.492 e. The number of benzene rings is 1. The van der Waals surface area contributed by atoms with E-state index in [0.717, 1.165) is 38.5 Å². The van der Waals surface area contributed by atoms with Crippen molar-refractivity contribution >= 4 is 0 Å². The normalized spacial score (nSPS) is 10.9. The topological polar surface area (TPSA) is 33.7 Å². The van der Waals surface area contributed by atoms with Crippen LogP contribution < -0.4 is 10.1 Å². The van der Waals surface area contributed by atoms with Crippen molar-refractivity contribution in [3.05, 3.63) is 29.8 Å². The molecule has 0 atom stereocenters. The third-order valence-electron chi connectivity index (χ3n) is 3.06. The molecule has 19 heavy (non-hydrogen) atoms. The SMILES string of the molecule is CCN(CCOC)CCOc1ccccc1CNC. The van der Waals surface area contributed by atoms with Gasteiger partial charge in [0.25, 0.3) is 0 Å². The summed E-state index contributed by atoms with van der Waals surface area (Å²) >= 11 is 0. The van der Waals surface area contributed by atoms with E-state index in [2.05, 4.69) is 23.2 Å². The van der Waals surface area contributed by atoms with Gasteiger partial charge in [-0.1, -0.05) is 25.1 Å². The summed E-state index contributed by atoms with van der Waals surface area (Å²) in [5, 5.41) is 3.16. The Kier molecular flexibility index (Phi) is 8.21. The molecule has 0 saturated heterocycles. The lowest BCUT2D eigenvalue weighted by Crippen LogP contribution is -2.31. The molecule has 0 aromatic heterocycles. The lowest BCUT2D eigenvalue weighted by atomic mass is 10.2. The average Bonchev–Trinajstić information content (AvgIpc) is 2.44. The second-order valence-electron chi connectivity index (χ2n) is 4.41. The van der Waals surface area contributed by atoms with Crippen molar-refractivity contribution in [2.45, 2.75) is 13.5 Å². The highest BCUT2D eigenvalue weighted by atomic mass is 16.5. The lowest BCUT2D eigenvalue weighted by Gasteiger charge is -2.20. The van der Waals surface area contributed by atoms with Gasteiger partial charge in [-0.3, -0.25) is 4.90 Å². The summed E-state index contributed by atoms with van der Waals surface area (Å²) in [5.41, 5.74) is 1.20. The molecular weight excluding hydrogens is 240 g/mol. The van der Waals surface area contributed by atoms with E-state index in [1.165, 1.54) is 5.56 Å². The Labute approximate surface area is 116 Å². The molecule has 108 valence electrons. The Morgan fingerprint density at radius 1 is 1.16 bits per heavy atom. The summed E-state index contributed by atoms with van der Waals surface area (Å²) in [6, 6.07) is 8.17. The Morgan fingerprint density at radius 3 is 2.58 bits per heavy atom. The van der Waals surface area contributed by atoms with Crippen LogP contribution in [0.15, 0.2) is 24.3 Å². The zero-order valence-electron chi connectivity index (χ0n) is 12.3. The smallest absolute Gasteiger partial charge is 0.123 e. The molecule has 0 fully saturated rings. The first-order valence-corrected chi connectivity index (χ1v) is 6.88. The Morgan fingerprint density at radius 2 is 1.89 bits per heavy atom. The summed E-state index contributed by atoms with van der Waals surface area (Å²) in [6.07, 6.45) is 0. The highest BCUT2D eigenvalue weighted by molar-refractivity contribution is 5.33. The van der Waals surface area contributed by atoms with Crippen molar-refractivity contribution in [1.82, 2.24) is 10.2 Å². The van der Waals surface area contributed by atoms with Crippen molar-refractivity contribution in [3.63, 3.8) is 0 Å². The van der Waals surface area contributed by atoms with Crippen molar-refractivity contribution < 1.29 is 9.47 Å². The van der Waals surface area contributed by atoms with Gasteiger partial charge in [-0.15, -0.1) is 0 Å². The first-order chi connectivity index (χ1) is 9.31. The molecule has 0 aliphatic rings. The molecule has 0 bridgehead atoms. The van der Waals surface area contributed by atoms with Crippen LogP contribution in [0.3, 0.4) is 0 Å². The summed E-state index contributed by atoms with van der Waals surface area (Å²) in [6.45, 7) is 7.36. The van der Waals surface area contributed by atoms with Crippen LogP contribution >= 0.6 is 0 Å². The lowest BCUT2D eigenvalue weighted by molar-refractivity contribution is 0.138. The predicted molar refractivity (Wildman–Crippen MR) is 78.7 cm³/mol. The molecule has 0 radical (unpaired) electrons. The predicted octanol–water partition coefficient (Wildman–Crippen LogP) is 1.75. The van der Waals surface area contributed by atoms with E-state index >= 15 is 0 Å². The number of nitrogens with zero attached hydrogens (tertiary/aromatic N) is 1. The molecule has 0 aliphatic carbocycles. The van der Waals surface area contributed by atoms with E-state index in [4.69, 9.17) is 9.47 Å². The van der Waals surface area contributed by atoms with Gasteiger partial charge in [0.15, 0.2) is 0 Å². The Balaban J connectivity index is 2.39. The Bertz CT molecular complexity index is 345. The molecule has 1 aromatic carbocycles. The van der Waals surface area contributed by atoms with E-state index in [1.54, 1.807) is 7.11 Å². The van der Waals surface area contributed by atoms with Gasteiger partial charge in [0, 0.05) is 32.3 Å². The molecule has 1 rings (SSSR count). The third-order valence-corrected chi connectivity index (χ3v) is 3.06. The molecule has 1 aromatic rings. The minimum atomic E-state index is 0.707. The number of hydrogen-bond donors (Lipinski definition) is 1. The van der Waals surface area contributed by atoms with Gasteiger partial charge in [0.2, 0.25) is 0 Å². The van der Waals surface area contributed by atoms with Gasteiger partial charge in [-0.25, -0.2) is 0 Å². The fourth-order valence-corrected chi connectivity index (χ4v) is 1.91. The number of para-hydroxylation sites is 1. The monoisotopic (exact) mass is 266 g/mol. The second kappa shape index (κ2) is 9.78.